The highest BCUT2D eigenvalue weighted by Gasteiger charge is 2.06. The normalized spacial score (nSPS) is 12.9. The number of aryl methyl sites for hydroxylation is 2. The molecule has 1 aromatic rings. The number of nitrogens with zero attached hydrogens (tertiary/aromatic N) is 2. The molecule has 1 unspecified atom stereocenters. The van der Waals surface area contributed by atoms with Crippen LogP contribution in [0.25, 0.3) is 0 Å². The summed E-state index contributed by atoms with van der Waals surface area (Å²) in [6, 6.07) is 1.99. The fourth-order valence-electron chi connectivity index (χ4n) is 1.26. The van der Waals surface area contributed by atoms with Crippen LogP contribution in [0.3, 0.4) is 0 Å². The van der Waals surface area contributed by atoms with Gasteiger partial charge in [0.05, 0.1) is 11.8 Å². The highest BCUT2D eigenvalue weighted by molar-refractivity contribution is 5.36. The molecule has 0 aromatic carbocycles. The van der Waals surface area contributed by atoms with Gasteiger partial charge in [-0.3, -0.25) is 4.68 Å². The predicted molar refractivity (Wildman–Crippen MR) is 56.3 cm³/mol. The summed E-state index contributed by atoms with van der Waals surface area (Å²) in [5.74, 6) is 0.984. The minimum absolute atomic E-state index is 0.0465. The van der Waals surface area contributed by atoms with Gasteiger partial charge in [0, 0.05) is 33.3 Å². The second-order valence-electron chi connectivity index (χ2n) is 3.27. The second kappa shape index (κ2) is 4.97. The number of hydrogen-bond acceptors (Lipinski definition) is 4. The van der Waals surface area contributed by atoms with Gasteiger partial charge in [-0.25, -0.2) is 0 Å². The summed E-state index contributed by atoms with van der Waals surface area (Å²) >= 11 is 0. The molecular weight excluding hydrogens is 180 g/mol. The molecule has 0 spiro atoms. The van der Waals surface area contributed by atoms with E-state index in [4.69, 9.17) is 10.5 Å². The van der Waals surface area contributed by atoms with Crippen LogP contribution >= 0.6 is 0 Å². The number of anilines is 1. The van der Waals surface area contributed by atoms with Crippen molar-refractivity contribution in [2.45, 2.75) is 13.0 Å². The number of methoxy groups -OCH3 is 1. The van der Waals surface area contributed by atoms with Crippen molar-refractivity contribution < 1.29 is 4.74 Å². The standard InChI is InChI=1S/C9H18N4O/c1-7-4-9(13(2)12-7)11-6-8(5-10)14-3/h4,8,11H,5-6,10H2,1-3H3. The van der Waals surface area contributed by atoms with E-state index in [0.29, 0.717) is 13.1 Å². The van der Waals surface area contributed by atoms with Crippen LogP contribution in [0, 0.1) is 6.92 Å². The smallest absolute Gasteiger partial charge is 0.124 e. The molecular formula is C9H18N4O. The van der Waals surface area contributed by atoms with Gasteiger partial charge in [0.2, 0.25) is 0 Å². The first-order chi connectivity index (χ1) is 6.67. The molecule has 1 heterocycles. The van der Waals surface area contributed by atoms with E-state index in [-0.39, 0.29) is 6.10 Å². The molecule has 1 rings (SSSR count). The maximum atomic E-state index is 5.50. The van der Waals surface area contributed by atoms with E-state index in [0.717, 1.165) is 11.5 Å². The van der Waals surface area contributed by atoms with Crippen LogP contribution in [-0.2, 0) is 11.8 Å². The maximum absolute atomic E-state index is 5.50. The Kier molecular flexibility index (Phi) is 3.91. The molecule has 14 heavy (non-hydrogen) atoms. The van der Waals surface area contributed by atoms with Gasteiger partial charge in [-0.15, -0.1) is 0 Å². The summed E-state index contributed by atoms with van der Waals surface area (Å²) < 4.78 is 6.95. The zero-order chi connectivity index (χ0) is 10.6. The Bertz CT molecular complexity index is 280. The van der Waals surface area contributed by atoms with E-state index < -0.39 is 0 Å². The van der Waals surface area contributed by atoms with Crippen LogP contribution in [0.2, 0.25) is 0 Å². The van der Waals surface area contributed by atoms with Crippen molar-refractivity contribution in [2.24, 2.45) is 12.8 Å². The molecule has 0 bridgehead atoms. The Hall–Kier alpha value is -1.07. The zero-order valence-corrected chi connectivity index (χ0v) is 8.95. The molecule has 0 saturated heterocycles. The van der Waals surface area contributed by atoms with E-state index in [1.54, 1.807) is 11.8 Å². The lowest BCUT2D eigenvalue weighted by Crippen LogP contribution is -2.30. The Labute approximate surface area is 84.2 Å². The lowest BCUT2D eigenvalue weighted by molar-refractivity contribution is 0.120. The Morgan fingerprint density at radius 1 is 1.71 bits per heavy atom. The third-order valence-corrected chi connectivity index (χ3v) is 2.11. The molecule has 5 nitrogen and oxygen atoms in total. The van der Waals surface area contributed by atoms with Gasteiger partial charge >= 0.3 is 0 Å². The monoisotopic (exact) mass is 198 g/mol. The highest BCUT2D eigenvalue weighted by atomic mass is 16.5. The summed E-state index contributed by atoms with van der Waals surface area (Å²) in [6.45, 7) is 3.17. The summed E-state index contributed by atoms with van der Waals surface area (Å²) in [4.78, 5) is 0. The summed E-state index contributed by atoms with van der Waals surface area (Å²) in [5, 5.41) is 7.45. The van der Waals surface area contributed by atoms with E-state index in [9.17, 15) is 0 Å². The van der Waals surface area contributed by atoms with Crippen molar-refractivity contribution in [1.82, 2.24) is 9.78 Å². The van der Waals surface area contributed by atoms with Gasteiger partial charge in [-0.1, -0.05) is 0 Å². The SMILES string of the molecule is COC(CN)CNc1cc(C)nn1C. The van der Waals surface area contributed by atoms with E-state index in [1.165, 1.54) is 0 Å². The minimum Gasteiger partial charge on any atom is -0.378 e. The van der Waals surface area contributed by atoms with Crippen LogP contribution < -0.4 is 11.1 Å². The first kappa shape index (κ1) is 11.0. The van der Waals surface area contributed by atoms with Crippen LogP contribution in [0.4, 0.5) is 5.82 Å². The van der Waals surface area contributed by atoms with Crippen LogP contribution in [-0.4, -0.2) is 36.1 Å². The fourth-order valence-corrected chi connectivity index (χ4v) is 1.26. The van der Waals surface area contributed by atoms with Crippen LogP contribution in [0.5, 0.6) is 0 Å². The highest BCUT2D eigenvalue weighted by Crippen LogP contribution is 2.07. The Morgan fingerprint density at radius 2 is 2.43 bits per heavy atom. The topological polar surface area (TPSA) is 65.1 Å². The van der Waals surface area contributed by atoms with Gasteiger partial charge in [0.1, 0.15) is 5.82 Å². The molecule has 0 saturated carbocycles. The lowest BCUT2D eigenvalue weighted by atomic mass is 10.3. The van der Waals surface area contributed by atoms with Crippen LogP contribution in [0.15, 0.2) is 6.07 Å². The second-order valence-corrected chi connectivity index (χ2v) is 3.27. The first-order valence-electron chi connectivity index (χ1n) is 4.64. The van der Waals surface area contributed by atoms with Crippen molar-refractivity contribution >= 4 is 5.82 Å². The van der Waals surface area contributed by atoms with E-state index in [2.05, 4.69) is 10.4 Å². The third kappa shape index (κ3) is 2.71. The number of rotatable bonds is 5. The number of ether oxygens (including phenoxy) is 1. The average Bonchev–Trinajstić information content (AvgIpc) is 2.47. The van der Waals surface area contributed by atoms with E-state index >= 15 is 0 Å². The fraction of sp³-hybridized carbons (Fsp3) is 0.667. The average molecular weight is 198 g/mol. The lowest BCUT2D eigenvalue weighted by Gasteiger charge is -2.14. The first-order valence-corrected chi connectivity index (χ1v) is 4.64. The molecule has 3 N–H and O–H groups in total. The van der Waals surface area contributed by atoms with Gasteiger partial charge < -0.3 is 15.8 Å². The molecule has 1 aromatic heterocycles. The summed E-state index contributed by atoms with van der Waals surface area (Å²) in [7, 11) is 3.56. The largest absolute Gasteiger partial charge is 0.378 e. The number of nitrogens with two attached hydrogens (primary N) is 1. The predicted octanol–water partition coefficient (Wildman–Crippen LogP) is 0.114. The molecule has 0 aliphatic rings. The van der Waals surface area contributed by atoms with Crippen molar-refractivity contribution in [3.8, 4) is 0 Å². The quantitative estimate of drug-likeness (QED) is 0.705. The van der Waals surface area contributed by atoms with Crippen molar-refractivity contribution in [3.05, 3.63) is 11.8 Å². The molecule has 0 aliphatic heterocycles. The number of hydrogen-bond donors (Lipinski definition) is 2. The molecule has 0 radical (unpaired) electrons. The molecule has 0 aliphatic carbocycles. The molecule has 80 valence electrons. The van der Waals surface area contributed by atoms with Gasteiger partial charge in [-0.2, -0.15) is 5.10 Å². The van der Waals surface area contributed by atoms with Crippen molar-refractivity contribution in [1.29, 1.82) is 0 Å². The molecule has 5 heteroatoms. The van der Waals surface area contributed by atoms with Crippen LogP contribution in [0.1, 0.15) is 5.69 Å². The number of aromatic nitrogens is 2. The Morgan fingerprint density at radius 3 is 2.86 bits per heavy atom. The van der Waals surface area contributed by atoms with Crippen molar-refractivity contribution in [3.63, 3.8) is 0 Å². The molecule has 0 amide bonds. The van der Waals surface area contributed by atoms with E-state index in [1.807, 2.05) is 20.0 Å². The summed E-state index contributed by atoms with van der Waals surface area (Å²) in [6.07, 6.45) is 0.0465. The number of nitrogens with one attached hydrogen (secondary N) is 1. The molecule has 0 fully saturated rings. The minimum atomic E-state index is 0.0465. The zero-order valence-electron chi connectivity index (χ0n) is 8.95. The molecule has 1 atom stereocenters. The third-order valence-electron chi connectivity index (χ3n) is 2.11. The maximum Gasteiger partial charge on any atom is 0.124 e. The van der Waals surface area contributed by atoms with Gasteiger partial charge in [0.25, 0.3) is 0 Å². The van der Waals surface area contributed by atoms with Crippen molar-refractivity contribution in [2.75, 3.05) is 25.5 Å². The van der Waals surface area contributed by atoms with Gasteiger partial charge in [0.15, 0.2) is 0 Å². The van der Waals surface area contributed by atoms with Gasteiger partial charge in [-0.05, 0) is 6.92 Å². The summed E-state index contributed by atoms with van der Waals surface area (Å²) in [5.41, 5.74) is 6.50. The Balaban J connectivity index is 2.48.